The van der Waals surface area contributed by atoms with Crippen molar-refractivity contribution in [1.82, 2.24) is 0 Å². The van der Waals surface area contributed by atoms with Gasteiger partial charge in [0.05, 0.1) is 17.1 Å². The Morgan fingerprint density at radius 3 is 2.55 bits per heavy atom. The molecule has 22 heavy (non-hydrogen) atoms. The molecule has 0 saturated heterocycles. The van der Waals surface area contributed by atoms with E-state index in [9.17, 15) is 9.59 Å². The molecule has 0 spiro atoms. The predicted octanol–water partition coefficient (Wildman–Crippen LogP) is 3.49. The van der Waals surface area contributed by atoms with Crippen molar-refractivity contribution in [3.8, 4) is 5.75 Å². The molecule has 1 aromatic heterocycles. The average Bonchev–Trinajstić information content (AvgIpc) is 2.73. The van der Waals surface area contributed by atoms with E-state index in [-0.39, 0.29) is 5.91 Å². The Morgan fingerprint density at radius 2 is 2.00 bits per heavy atom. The van der Waals surface area contributed by atoms with Gasteiger partial charge in [-0.3, -0.25) is 9.59 Å². The van der Waals surface area contributed by atoms with Gasteiger partial charge in [0.25, 0.3) is 11.8 Å². The number of anilines is 1. The monoisotopic (exact) mass is 382 g/mol. The first-order chi connectivity index (χ1) is 10.3. The molecule has 0 fully saturated rings. The molecule has 0 aliphatic heterocycles. The lowest BCUT2D eigenvalue weighted by Crippen LogP contribution is -2.17. The molecule has 0 aliphatic carbocycles. The van der Waals surface area contributed by atoms with Crippen molar-refractivity contribution < 1.29 is 14.3 Å². The van der Waals surface area contributed by atoms with Gasteiger partial charge in [-0.15, -0.1) is 11.3 Å². The largest absolute Gasteiger partial charge is 0.496 e. The number of primary amides is 1. The number of rotatable bonds is 4. The van der Waals surface area contributed by atoms with Gasteiger partial charge in [-0.2, -0.15) is 0 Å². The Morgan fingerprint density at radius 1 is 1.32 bits per heavy atom. The molecule has 2 aromatic rings. The van der Waals surface area contributed by atoms with E-state index in [0.717, 1.165) is 10.4 Å². The molecule has 1 heterocycles. The maximum absolute atomic E-state index is 12.3. The molecule has 0 bridgehead atoms. The number of nitrogens with one attached hydrogen (secondary N) is 1. The lowest BCUT2D eigenvalue weighted by Gasteiger charge is -2.07. The first-order valence-electron chi connectivity index (χ1n) is 6.39. The van der Waals surface area contributed by atoms with E-state index in [1.54, 1.807) is 25.3 Å². The number of methoxy groups -OCH3 is 1. The Balaban J connectivity index is 2.32. The number of amides is 2. The van der Waals surface area contributed by atoms with Gasteiger partial charge in [-0.25, -0.2) is 0 Å². The van der Waals surface area contributed by atoms with Crippen molar-refractivity contribution in [2.45, 2.75) is 13.8 Å². The molecule has 5 nitrogen and oxygen atoms in total. The zero-order valence-electron chi connectivity index (χ0n) is 12.3. The third kappa shape index (κ3) is 3.15. The van der Waals surface area contributed by atoms with Crippen LogP contribution in [0.25, 0.3) is 0 Å². The Hall–Kier alpha value is -1.86. The van der Waals surface area contributed by atoms with Crippen LogP contribution in [0.3, 0.4) is 0 Å². The van der Waals surface area contributed by atoms with Crippen LogP contribution < -0.4 is 15.8 Å². The average molecular weight is 383 g/mol. The normalized spacial score (nSPS) is 10.4. The molecular weight excluding hydrogens is 368 g/mol. The number of benzene rings is 1. The van der Waals surface area contributed by atoms with Crippen LogP contribution in [0, 0.1) is 13.8 Å². The first kappa shape index (κ1) is 16.5. The molecule has 7 heteroatoms. The Kier molecular flexibility index (Phi) is 4.87. The molecule has 1 aromatic carbocycles. The van der Waals surface area contributed by atoms with Gasteiger partial charge in [-0.1, -0.05) is 0 Å². The van der Waals surface area contributed by atoms with Crippen molar-refractivity contribution in [2.24, 2.45) is 5.73 Å². The highest BCUT2D eigenvalue weighted by atomic mass is 79.9. The van der Waals surface area contributed by atoms with Crippen LogP contribution in [0.15, 0.2) is 22.7 Å². The van der Waals surface area contributed by atoms with Gasteiger partial charge in [0, 0.05) is 10.4 Å². The van der Waals surface area contributed by atoms with E-state index in [0.29, 0.717) is 26.4 Å². The summed E-state index contributed by atoms with van der Waals surface area (Å²) in [7, 11) is 1.55. The number of hydrogen-bond donors (Lipinski definition) is 2. The second-order valence-corrected chi connectivity index (χ2v) is 6.73. The van der Waals surface area contributed by atoms with Crippen LogP contribution in [-0.2, 0) is 0 Å². The molecule has 2 amide bonds. The SMILES string of the molecule is COc1ccc(C(=O)Nc2sc(C)c(C)c2C(N)=O)cc1Br. The summed E-state index contributed by atoms with van der Waals surface area (Å²) < 4.78 is 5.81. The minimum Gasteiger partial charge on any atom is -0.496 e. The molecular formula is C15H15BrN2O3S. The van der Waals surface area contributed by atoms with E-state index in [1.807, 2.05) is 13.8 Å². The van der Waals surface area contributed by atoms with E-state index in [4.69, 9.17) is 10.5 Å². The van der Waals surface area contributed by atoms with Crippen LogP contribution in [0.4, 0.5) is 5.00 Å². The van der Waals surface area contributed by atoms with E-state index in [2.05, 4.69) is 21.2 Å². The molecule has 0 aliphatic rings. The molecule has 3 N–H and O–H groups in total. The highest BCUT2D eigenvalue weighted by Crippen LogP contribution is 2.33. The number of hydrogen-bond acceptors (Lipinski definition) is 4. The lowest BCUT2D eigenvalue weighted by atomic mass is 10.1. The summed E-state index contributed by atoms with van der Waals surface area (Å²) in [5.74, 6) is -0.225. The summed E-state index contributed by atoms with van der Waals surface area (Å²) >= 11 is 4.67. The third-order valence-electron chi connectivity index (χ3n) is 3.27. The second kappa shape index (κ2) is 6.50. The highest BCUT2D eigenvalue weighted by molar-refractivity contribution is 9.10. The molecule has 0 radical (unpaired) electrons. The van der Waals surface area contributed by atoms with Gasteiger partial charge in [0.1, 0.15) is 10.8 Å². The molecule has 0 atom stereocenters. The number of nitrogens with two attached hydrogens (primary N) is 1. The number of thiophene rings is 1. The van der Waals surface area contributed by atoms with Gasteiger partial charge in [-0.05, 0) is 53.5 Å². The number of halogens is 1. The minimum absolute atomic E-state index is 0.313. The van der Waals surface area contributed by atoms with Gasteiger partial charge in [0.2, 0.25) is 0 Å². The highest BCUT2D eigenvalue weighted by Gasteiger charge is 2.19. The Bertz CT molecular complexity index is 755. The van der Waals surface area contributed by atoms with E-state index in [1.165, 1.54) is 11.3 Å². The van der Waals surface area contributed by atoms with Gasteiger partial charge in [0.15, 0.2) is 0 Å². The zero-order valence-corrected chi connectivity index (χ0v) is 14.7. The summed E-state index contributed by atoms with van der Waals surface area (Å²) in [4.78, 5) is 24.9. The minimum atomic E-state index is -0.548. The first-order valence-corrected chi connectivity index (χ1v) is 8.00. The smallest absolute Gasteiger partial charge is 0.256 e. The topological polar surface area (TPSA) is 81.4 Å². The fourth-order valence-corrected chi connectivity index (χ4v) is 3.60. The van der Waals surface area contributed by atoms with Crippen molar-refractivity contribution >= 4 is 44.1 Å². The van der Waals surface area contributed by atoms with Crippen LogP contribution >= 0.6 is 27.3 Å². The summed E-state index contributed by atoms with van der Waals surface area (Å²) in [5.41, 5.74) is 7.01. The predicted molar refractivity (Wildman–Crippen MR) is 91.0 cm³/mol. The summed E-state index contributed by atoms with van der Waals surface area (Å²) in [5, 5.41) is 3.22. The second-order valence-electron chi connectivity index (χ2n) is 4.66. The number of ether oxygens (including phenoxy) is 1. The maximum Gasteiger partial charge on any atom is 0.256 e. The Labute approximate surface area is 140 Å². The summed E-state index contributed by atoms with van der Waals surface area (Å²) in [6, 6.07) is 5.00. The van der Waals surface area contributed by atoms with Crippen molar-refractivity contribution in [1.29, 1.82) is 0 Å². The zero-order chi connectivity index (χ0) is 16.4. The lowest BCUT2D eigenvalue weighted by molar-refractivity contribution is 0.100. The van der Waals surface area contributed by atoms with Crippen molar-refractivity contribution in [3.63, 3.8) is 0 Å². The number of carbonyl (C=O) groups excluding carboxylic acids is 2. The van der Waals surface area contributed by atoms with Crippen LogP contribution in [0.2, 0.25) is 0 Å². The van der Waals surface area contributed by atoms with E-state index >= 15 is 0 Å². The quantitative estimate of drug-likeness (QED) is 0.848. The summed E-state index contributed by atoms with van der Waals surface area (Å²) in [6.07, 6.45) is 0. The number of carbonyl (C=O) groups is 2. The standard InChI is InChI=1S/C15H15BrN2O3S/c1-7-8(2)22-15(12(7)13(17)19)18-14(20)9-4-5-11(21-3)10(16)6-9/h4-6H,1-3H3,(H2,17,19)(H,18,20). The van der Waals surface area contributed by atoms with Gasteiger partial charge < -0.3 is 15.8 Å². The fourth-order valence-electron chi connectivity index (χ4n) is 1.99. The van der Waals surface area contributed by atoms with Crippen LogP contribution in [0.5, 0.6) is 5.75 Å². The van der Waals surface area contributed by atoms with Crippen LogP contribution in [-0.4, -0.2) is 18.9 Å². The molecule has 2 rings (SSSR count). The molecule has 0 unspecified atom stereocenters. The van der Waals surface area contributed by atoms with E-state index < -0.39 is 5.91 Å². The van der Waals surface area contributed by atoms with Crippen LogP contribution in [0.1, 0.15) is 31.2 Å². The van der Waals surface area contributed by atoms with Crippen molar-refractivity contribution in [2.75, 3.05) is 12.4 Å². The summed E-state index contributed by atoms with van der Waals surface area (Å²) in [6.45, 7) is 3.69. The number of aryl methyl sites for hydroxylation is 1. The fraction of sp³-hybridized carbons (Fsp3) is 0.200. The van der Waals surface area contributed by atoms with Gasteiger partial charge >= 0.3 is 0 Å². The van der Waals surface area contributed by atoms with Crippen molar-refractivity contribution in [3.05, 3.63) is 44.2 Å². The molecule has 116 valence electrons. The third-order valence-corrected chi connectivity index (χ3v) is 5.02. The molecule has 0 saturated carbocycles. The maximum atomic E-state index is 12.3.